The van der Waals surface area contributed by atoms with Crippen molar-refractivity contribution in [3.63, 3.8) is 0 Å². The first kappa shape index (κ1) is 16.5. The molecule has 2 saturated heterocycles. The number of amides is 1. The summed E-state index contributed by atoms with van der Waals surface area (Å²) in [6, 6.07) is 10.5. The lowest BCUT2D eigenvalue weighted by Crippen LogP contribution is -2.54. The van der Waals surface area contributed by atoms with Gasteiger partial charge in [0, 0.05) is 13.1 Å². The third kappa shape index (κ3) is 3.75. The SMILES string of the molecule is CC(C)(N)C(=O)N1CCC2(CC1)COC(Cc1ccccc1)C2. The van der Waals surface area contributed by atoms with Gasteiger partial charge in [-0.05, 0) is 50.5 Å². The molecule has 0 bridgehead atoms. The van der Waals surface area contributed by atoms with Crippen molar-refractivity contribution in [1.29, 1.82) is 0 Å². The second-order valence-electron chi connectivity index (χ2n) is 7.84. The topological polar surface area (TPSA) is 55.6 Å². The molecule has 4 nitrogen and oxygen atoms in total. The summed E-state index contributed by atoms with van der Waals surface area (Å²) in [5, 5.41) is 0. The maximum atomic E-state index is 12.3. The highest BCUT2D eigenvalue weighted by Crippen LogP contribution is 2.42. The van der Waals surface area contributed by atoms with Crippen molar-refractivity contribution in [2.45, 2.75) is 51.2 Å². The quantitative estimate of drug-likeness (QED) is 0.931. The average molecular weight is 316 g/mol. The maximum absolute atomic E-state index is 12.3. The summed E-state index contributed by atoms with van der Waals surface area (Å²) < 4.78 is 6.09. The van der Waals surface area contributed by atoms with Gasteiger partial charge in [0.05, 0.1) is 18.2 Å². The minimum Gasteiger partial charge on any atom is -0.377 e. The highest BCUT2D eigenvalue weighted by atomic mass is 16.5. The molecule has 3 rings (SSSR count). The number of ether oxygens (including phenoxy) is 1. The van der Waals surface area contributed by atoms with E-state index in [0.717, 1.165) is 45.4 Å². The van der Waals surface area contributed by atoms with E-state index >= 15 is 0 Å². The van der Waals surface area contributed by atoms with Crippen LogP contribution in [0.5, 0.6) is 0 Å². The van der Waals surface area contributed by atoms with Crippen molar-refractivity contribution in [3.05, 3.63) is 35.9 Å². The molecule has 1 unspecified atom stereocenters. The number of carbonyl (C=O) groups excluding carboxylic acids is 1. The lowest BCUT2D eigenvalue weighted by atomic mass is 9.76. The van der Waals surface area contributed by atoms with Crippen LogP contribution < -0.4 is 5.73 Å². The first-order valence-electron chi connectivity index (χ1n) is 8.62. The van der Waals surface area contributed by atoms with Crippen molar-refractivity contribution in [2.75, 3.05) is 19.7 Å². The first-order valence-corrected chi connectivity index (χ1v) is 8.62. The molecule has 2 aliphatic rings. The van der Waals surface area contributed by atoms with E-state index in [0.29, 0.717) is 6.10 Å². The van der Waals surface area contributed by atoms with Crippen LogP contribution in [0.2, 0.25) is 0 Å². The molecule has 126 valence electrons. The summed E-state index contributed by atoms with van der Waals surface area (Å²) in [5.74, 6) is 0.0621. The summed E-state index contributed by atoms with van der Waals surface area (Å²) in [5.41, 5.74) is 6.77. The van der Waals surface area contributed by atoms with Gasteiger partial charge in [-0.25, -0.2) is 0 Å². The van der Waals surface area contributed by atoms with Gasteiger partial charge >= 0.3 is 0 Å². The Bertz CT molecular complexity index is 542. The zero-order valence-electron chi connectivity index (χ0n) is 14.3. The highest BCUT2D eigenvalue weighted by Gasteiger charge is 2.43. The molecule has 0 saturated carbocycles. The van der Waals surface area contributed by atoms with Crippen LogP contribution in [0.25, 0.3) is 0 Å². The molecule has 23 heavy (non-hydrogen) atoms. The Morgan fingerprint density at radius 1 is 1.30 bits per heavy atom. The number of benzene rings is 1. The zero-order chi connectivity index (χ0) is 16.5. The summed E-state index contributed by atoms with van der Waals surface area (Å²) in [7, 11) is 0. The Labute approximate surface area is 139 Å². The van der Waals surface area contributed by atoms with E-state index in [1.54, 1.807) is 13.8 Å². The molecule has 0 aliphatic carbocycles. The molecule has 1 aromatic rings. The molecule has 2 N–H and O–H groups in total. The molecule has 1 spiro atoms. The summed E-state index contributed by atoms with van der Waals surface area (Å²) >= 11 is 0. The molecule has 2 heterocycles. The lowest BCUT2D eigenvalue weighted by molar-refractivity contribution is -0.138. The van der Waals surface area contributed by atoms with E-state index in [4.69, 9.17) is 10.5 Å². The molecule has 1 amide bonds. The second kappa shape index (κ2) is 6.25. The predicted octanol–water partition coefficient (Wildman–Crippen LogP) is 2.36. The molecule has 2 fully saturated rings. The van der Waals surface area contributed by atoms with Crippen LogP contribution >= 0.6 is 0 Å². The minimum absolute atomic E-state index is 0.0621. The van der Waals surface area contributed by atoms with Crippen molar-refractivity contribution >= 4 is 5.91 Å². The van der Waals surface area contributed by atoms with Crippen LogP contribution in [0, 0.1) is 5.41 Å². The molecule has 1 aromatic carbocycles. The van der Waals surface area contributed by atoms with Gasteiger partial charge in [0.1, 0.15) is 0 Å². The van der Waals surface area contributed by atoms with E-state index in [-0.39, 0.29) is 11.3 Å². The standard InChI is InChI=1S/C19H28N2O2/c1-18(2,20)17(22)21-10-8-19(9-11-21)13-16(23-14-19)12-15-6-4-3-5-7-15/h3-7,16H,8-14,20H2,1-2H3. The van der Waals surface area contributed by atoms with Crippen LogP contribution in [0.1, 0.15) is 38.7 Å². The average Bonchev–Trinajstić information content (AvgIpc) is 2.90. The number of nitrogens with zero attached hydrogens (tertiary/aromatic N) is 1. The van der Waals surface area contributed by atoms with Crippen LogP contribution in [0.15, 0.2) is 30.3 Å². The summed E-state index contributed by atoms with van der Waals surface area (Å²) in [4.78, 5) is 14.2. The smallest absolute Gasteiger partial charge is 0.242 e. The normalized spacial score (nSPS) is 24.1. The van der Waals surface area contributed by atoms with Gasteiger partial charge < -0.3 is 15.4 Å². The molecule has 1 atom stereocenters. The van der Waals surface area contributed by atoms with Crippen LogP contribution in [0.4, 0.5) is 0 Å². The Morgan fingerprint density at radius 2 is 1.96 bits per heavy atom. The maximum Gasteiger partial charge on any atom is 0.242 e. The minimum atomic E-state index is -0.771. The Kier molecular flexibility index (Phi) is 4.47. The van der Waals surface area contributed by atoms with Gasteiger partial charge in [-0.15, -0.1) is 0 Å². The van der Waals surface area contributed by atoms with Gasteiger partial charge in [0.15, 0.2) is 0 Å². The molecule has 2 aliphatic heterocycles. The largest absolute Gasteiger partial charge is 0.377 e. The third-order valence-corrected chi connectivity index (χ3v) is 5.25. The monoisotopic (exact) mass is 316 g/mol. The van der Waals surface area contributed by atoms with Crippen LogP contribution in [-0.4, -0.2) is 42.1 Å². The molecular weight excluding hydrogens is 288 g/mol. The molecule has 0 aromatic heterocycles. The number of nitrogens with two attached hydrogens (primary N) is 1. The zero-order valence-corrected chi connectivity index (χ0v) is 14.3. The molecule has 4 heteroatoms. The molecular formula is C19H28N2O2. The van der Waals surface area contributed by atoms with Crippen molar-refractivity contribution < 1.29 is 9.53 Å². The van der Waals surface area contributed by atoms with E-state index < -0.39 is 5.54 Å². The Hall–Kier alpha value is -1.39. The summed E-state index contributed by atoms with van der Waals surface area (Å²) in [6.45, 7) is 6.02. The molecule has 0 radical (unpaired) electrons. The number of hydrogen-bond acceptors (Lipinski definition) is 3. The van der Waals surface area contributed by atoms with Crippen LogP contribution in [-0.2, 0) is 16.0 Å². The predicted molar refractivity (Wildman–Crippen MR) is 91.0 cm³/mol. The fourth-order valence-corrected chi connectivity index (χ4v) is 3.84. The lowest BCUT2D eigenvalue weighted by Gasteiger charge is -2.40. The van der Waals surface area contributed by atoms with Gasteiger partial charge in [0.2, 0.25) is 5.91 Å². The van der Waals surface area contributed by atoms with Gasteiger partial charge in [-0.1, -0.05) is 30.3 Å². The Morgan fingerprint density at radius 3 is 2.57 bits per heavy atom. The highest BCUT2D eigenvalue weighted by molar-refractivity contribution is 5.85. The van der Waals surface area contributed by atoms with Gasteiger partial charge in [-0.3, -0.25) is 4.79 Å². The fraction of sp³-hybridized carbons (Fsp3) is 0.632. The second-order valence-corrected chi connectivity index (χ2v) is 7.84. The fourth-order valence-electron chi connectivity index (χ4n) is 3.84. The van der Waals surface area contributed by atoms with E-state index in [2.05, 4.69) is 24.3 Å². The number of likely N-dealkylation sites (tertiary alicyclic amines) is 1. The van der Waals surface area contributed by atoms with E-state index in [1.165, 1.54) is 5.56 Å². The van der Waals surface area contributed by atoms with Crippen LogP contribution in [0.3, 0.4) is 0 Å². The number of rotatable bonds is 3. The first-order chi connectivity index (χ1) is 10.9. The third-order valence-electron chi connectivity index (χ3n) is 5.25. The van der Waals surface area contributed by atoms with Crippen molar-refractivity contribution in [2.24, 2.45) is 11.1 Å². The van der Waals surface area contributed by atoms with Crippen molar-refractivity contribution in [3.8, 4) is 0 Å². The van der Waals surface area contributed by atoms with Gasteiger partial charge in [-0.2, -0.15) is 0 Å². The van der Waals surface area contributed by atoms with E-state index in [1.807, 2.05) is 11.0 Å². The van der Waals surface area contributed by atoms with Crippen molar-refractivity contribution in [1.82, 2.24) is 4.90 Å². The van der Waals surface area contributed by atoms with Gasteiger partial charge in [0.25, 0.3) is 0 Å². The summed E-state index contributed by atoms with van der Waals surface area (Å²) in [6.07, 6.45) is 4.46. The number of carbonyl (C=O) groups is 1. The van der Waals surface area contributed by atoms with E-state index in [9.17, 15) is 4.79 Å². The number of hydrogen-bond donors (Lipinski definition) is 1. The number of piperidine rings is 1. The Balaban J connectivity index is 1.54.